The molecule has 0 unspecified atom stereocenters. The van der Waals surface area contributed by atoms with Crippen molar-refractivity contribution in [3.05, 3.63) is 42.5 Å². The fourth-order valence-electron chi connectivity index (χ4n) is 5.24. The Bertz CT molecular complexity index is 1130. The normalized spacial score (nSPS) is 14.2. The van der Waals surface area contributed by atoms with Crippen molar-refractivity contribution in [2.75, 3.05) is 29.9 Å². The molecule has 1 saturated carbocycles. The lowest BCUT2D eigenvalue weighted by atomic mass is 9.89. The van der Waals surface area contributed by atoms with E-state index in [2.05, 4.69) is 88.1 Å². The second-order valence-electron chi connectivity index (χ2n) is 11.1. The highest BCUT2D eigenvalue weighted by Gasteiger charge is 2.19. The van der Waals surface area contributed by atoms with Gasteiger partial charge in [-0.2, -0.15) is 0 Å². The highest BCUT2D eigenvalue weighted by molar-refractivity contribution is 5.95. The van der Waals surface area contributed by atoms with Crippen LogP contribution in [0.3, 0.4) is 0 Å². The van der Waals surface area contributed by atoms with Crippen LogP contribution in [0.1, 0.15) is 59.8 Å². The molecule has 0 atom stereocenters. The van der Waals surface area contributed by atoms with E-state index in [1.807, 2.05) is 18.2 Å². The van der Waals surface area contributed by atoms with Gasteiger partial charge in [0.25, 0.3) is 0 Å². The zero-order chi connectivity index (χ0) is 26.2. The van der Waals surface area contributed by atoms with Crippen molar-refractivity contribution in [3.63, 3.8) is 0 Å². The molecular weight excluding hydrogens is 462 g/mol. The molecule has 198 valence electrons. The van der Waals surface area contributed by atoms with E-state index in [1.54, 1.807) is 0 Å². The molecule has 37 heavy (non-hydrogen) atoms. The maximum absolute atomic E-state index is 13.1. The van der Waals surface area contributed by atoms with Crippen LogP contribution in [0.25, 0.3) is 22.5 Å². The van der Waals surface area contributed by atoms with Crippen molar-refractivity contribution < 1.29 is 4.79 Å². The third kappa shape index (κ3) is 7.31. The largest absolute Gasteiger partial charge is 0.369 e. The summed E-state index contributed by atoms with van der Waals surface area (Å²) in [6, 6.07) is 14.2. The molecule has 2 aromatic carbocycles. The van der Waals surface area contributed by atoms with Gasteiger partial charge < -0.3 is 15.5 Å². The monoisotopic (exact) mass is 503 g/mol. The summed E-state index contributed by atoms with van der Waals surface area (Å²) < 4.78 is 0. The van der Waals surface area contributed by atoms with Gasteiger partial charge in [0.1, 0.15) is 0 Å². The zero-order valence-corrected chi connectivity index (χ0v) is 22.6. The summed E-state index contributed by atoms with van der Waals surface area (Å²) in [5.41, 5.74) is 4.75. The van der Waals surface area contributed by atoms with Gasteiger partial charge in [-0.1, -0.05) is 77.3 Å². The first-order chi connectivity index (χ1) is 17.9. The molecule has 0 spiro atoms. The predicted octanol–water partition coefficient (Wildman–Crippen LogP) is 6.35. The van der Waals surface area contributed by atoms with Gasteiger partial charge in [0.2, 0.25) is 0 Å². The average molecular weight is 504 g/mol. The first kappa shape index (κ1) is 26.6. The van der Waals surface area contributed by atoms with E-state index in [1.165, 1.54) is 32.1 Å². The summed E-state index contributed by atoms with van der Waals surface area (Å²) in [6.07, 6.45) is 6.24. The van der Waals surface area contributed by atoms with Gasteiger partial charge >= 0.3 is 6.03 Å². The van der Waals surface area contributed by atoms with Gasteiger partial charge in [-0.3, -0.25) is 0 Å². The highest BCUT2D eigenvalue weighted by Crippen LogP contribution is 2.36. The predicted molar refractivity (Wildman–Crippen MR) is 151 cm³/mol. The van der Waals surface area contributed by atoms with Crippen LogP contribution in [0.15, 0.2) is 42.5 Å². The van der Waals surface area contributed by atoms with E-state index < -0.39 is 0 Å². The third-order valence-corrected chi connectivity index (χ3v) is 6.87. The number of nitrogens with zero attached hydrogens (tertiary/aromatic N) is 4. The standard InChI is InChI=1S/C29H41N7O/c1-20(2)18-36(19-21(3)4)27-15-14-23(24-12-8-9-13-25(24)28-32-34-35-33-28)16-26(27)31-29(37)30-17-22-10-6-5-7-11-22/h8-9,12-16,20-22H,5-7,10-11,17-19H2,1-4H3,(H2,30,31,37)(H,32,33,34,35). The maximum atomic E-state index is 13.1. The number of urea groups is 1. The summed E-state index contributed by atoms with van der Waals surface area (Å²) in [5, 5.41) is 20.8. The Hall–Kier alpha value is -3.42. The molecule has 1 fully saturated rings. The molecule has 8 nitrogen and oxygen atoms in total. The summed E-state index contributed by atoms with van der Waals surface area (Å²) in [5.74, 6) is 2.17. The van der Waals surface area contributed by atoms with Crippen LogP contribution in [-0.4, -0.2) is 46.3 Å². The van der Waals surface area contributed by atoms with Crippen LogP contribution in [-0.2, 0) is 0 Å². The van der Waals surface area contributed by atoms with Crippen LogP contribution in [0, 0.1) is 17.8 Å². The second kappa shape index (κ2) is 12.7. The highest BCUT2D eigenvalue weighted by atomic mass is 16.2. The number of hydrogen-bond acceptors (Lipinski definition) is 5. The molecule has 1 heterocycles. The van der Waals surface area contributed by atoms with Gasteiger partial charge in [-0.25, -0.2) is 9.89 Å². The number of hydrogen-bond donors (Lipinski definition) is 3. The van der Waals surface area contributed by atoms with Gasteiger partial charge in [0.15, 0.2) is 5.82 Å². The molecule has 3 aromatic rings. The molecule has 1 aliphatic carbocycles. The Morgan fingerprint density at radius 3 is 2.35 bits per heavy atom. The van der Waals surface area contributed by atoms with Crippen molar-refractivity contribution in [2.45, 2.75) is 59.8 Å². The molecule has 1 aliphatic rings. The molecule has 1 aromatic heterocycles. The first-order valence-corrected chi connectivity index (χ1v) is 13.7. The maximum Gasteiger partial charge on any atom is 0.319 e. The molecule has 4 rings (SSSR count). The van der Waals surface area contributed by atoms with Gasteiger partial charge in [-0.05, 0) is 64.3 Å². The number of H-pyrrole nitrogens is 1. The molecule has 0 radical (unpaired) electrons. The van der Waals surface area contributed by atoms with E-state index in [4.69, 9.17) is 0 Å². The number of aromatic nitrogens is 4. The molecule has 3 N–H and O–H groups in total. The minimum Gasteiger partial charge on any atom is -0.369 e. The Morgan fingerprint density at radius 2 is 1.70 bits per heavy atom. The smallest absolute Gasteiger partial charge is 0.319 e. The number of amides is 2. The summed E-state index contributed by atoms with van der Waals surface area (Å²) in [6.45, 7) is 11.5. The minimum absolute atomic E-state index is 0.147. The Balaban J connectivity index is 1.66. The Labute approximate surface area is 220 Å². The number of anilines is 2. The molecule has 8 heteroatoms. The van der Waals surface area contributed by atoms with Gasteiger partial charge in [0, 0.05) is 25.2 Å². The fourth-order valence-corrected chi connectivity index (χ4v) is 5.24. The third-order valence-electron chi connectivity index (χ3n) is 6.87. The summed E-state index contributed by atoms with van der Waals surface area (Å²) in [7, 11) is 0. The SMILES string of the molecule is CC(C)CN(CC(C)C)c1ccc(-c2ccccc2-c2nnn[nH]2)cc1NC(=O)NCC1CCCCC1. The lowest BCUT2D eigenvalue weighted by molar-refractivity contribution is 0.247. The van der Waals surface area contributed by atoms with Gasteiger partial charge in [0.05, 0.1) is 11.4 Å². The number of nitrogens with one attached hydrogen (secondary N) is 3. The minimum atomic E-state index is -0.147. The van der Waals surface area contributed by atoms with E-state index in [0.29, 0.717) is 23.6 Å². The molecule has 0 bridgehead atoms. The number of tetrazole rings is 1. The quantitative estimate of drug-likeness (QED) is 0.299. The number of benzene rings is 2. The van der Waals surface area contributed by atoms with Crippen LogP contribution < -0.4 is 15.5 Å². The number of aromatic amines is 1. The topological polar surface area (TPSA) is 98.8 Å². The average Bonchev–Trinajstić information content (AvgIpc) is 3.42. The molecule has 2 amide bonds. The number of carbonyl (C=O) groups is 1. The van der Waals surface area contributed by atoms with Crippen LogP contribution >= 0.6 is 0 Å². The number of rotatable bonds is 10. The van der Waals surface area contributed by atoms with E-state index >= 15 is 0 Å². The van der Waals surface area contributed by atoms with Crippen LogP contribution in [0.4, 0.5) is 16.2 Å². The van der Waals surface area contributed by atoms with E-state index in [9.17, 15) is 4.79 Å². The van der Waals surface area contributed by atoms with Crippen molar-refractivity contribution in [1.82, 2.24) is 25.9 Å². The Kier molecular flexibility index (Phi) is 9.14. The summed E-state index contributed by atoms with van der Waals surface area (Å²) >= 11 is 0. The molecular formula is C29H41N7O. The van der Waals surface area contributed by atoms with Crippen LogP contribution in [0.5, 0.6) is 0 Å². The fraction of sp³-hybridized carbons (Fsp3) is 0.517. The number of carbonyl (C=O) groups excluding carboxylic acids is 1. The molecule has 0 aliphatic heterocycles. The van der Waals surface area contributed by atoms with Crippen molar-refractivity contribution >= 4 is 17.4 Å². The van der Waals surface area contributed by atoms with Crippen molar-refractivity contribution in [3.8, 4) is 22.5 Å². The summed E-state index contributed by atoms with van der Waals surface area (Å²) in [4.78, 5) is 15.5. The lowest BCUT2D eigenvalue weighted by Crippen LogP contribution is -2.35. The second-order valence-corrected chi connectivity index (χ2v) is 11.1. The van der Waals surface area contributed by atoms with Crippen molar-refractivity contribution in [1.29, 1.82) is 0 Å². The van der Waals surface area contributed by atoms with Crippen LogP contribution in [0.2, 0.25) is 0 Å². The molecule has 0 saturated heterocycles. The van der Waals surface area contributed by atoms with E-state index in [-0.39, 0.29) is 6.03 Å². The first-order valence-electron chi connectivity index (χ1n) is 13.7. The zero-order valence-electron chi connectivity index (χ0n) is 22.6. The van der Waals surface area contributed by atoms with Crippen molar-refractivity contribution in [2.24, 2.45) is 17.8 Å². The van der Waals surface area contributed by atoms with E-state index in [0.717, 1.165) is 47.7 Å². The lowest BCUT2D eigenvalue weighted by Gasteiger charge is -2.31. The van der Waals surface area contributed by atoms with Gasteiger partial charge in [-0.15, -0.1) is 5.10 Å². The Morgan fingerprint density at radius 1 is 1.00 bits per heavy atom.